The molecule has 3 nitrogen and oxygen atoms in total. The number of esters is 1. The molecule has 1 aliphatic rings. The number of cyclic esters (lactones) is 1. The molecule has 3 heteroatoms. The Kier molecular flexibility index (Phi) is 2.96. The zero-order valence-electron chi connectivity index (χ0n) is 8.42. The Morgan fingerprint density at radius 3 is 2.62 bits per heavy atom. The van der Waals surface area contributed by atoms with Crippen molar-refractivity contribution in [3.8, 4) is 0 Å². The molecule has 0 aromatic heterocycles. The third-order valence-corrected chi connectivity index (χ3v) is 1.78. The van der Waals surface area contributed by atoms with E-state index >= 15 is 0 Å². The van der Waals surface area contributed by atoms with Gasteiger partial charge in [-0.25, -0.2) is 4.79 Å². The lowest BCUT2D eigenvalue weighted by atomic mass is 10.2. The van der Waals surface area contributed by atoms with Gasteiger partial charge < -0.3 is 9.47 Å². The standard InChI is InChI=1S/C10H16O3/c1-4-5-6-8-7-9(11)13-10(2,3)12-8/h7H,4-6H2,1-3H3. The van der Waals surface area contributed by atoms with E-state index in [-0.39, 0.29) is 5.97 Å². The minimum Gasteiger partial charge on any atom is -0.457 e. The third kappa shape index (κ3) is 3.09. The summed E-state index contributed by atoms with van der Waals surface area (Å²) in [6, 6.07) is 0. The number of hydrogen-bond donors (Lipinski definition) is 0. The van der Waals surface area contributed by atoms with Gasteiger partial charge in [-0.15, -0.1) is 0 Å². The number of carbonyl (C=O) groups excluding carboxylic acids is 1. The van der Waals surface area contributed by atoms with Gasteiger partial charge in [0.05, 0.1) is 6.08 Å². The Hall–Kier alpha value is -0.990. The molecule has 0 N–H and O–H groups in total. The SMILES string of the molecule is CCCCC1=CC(=O)OC(C)(C)O1. The second kappa shape index (κ2) is 3.81. The minimum atomic E-state index is -0.797. The van der Waals surface area contributed by atoms with Crippen LogP contribution in [0.5, 0.6) is 0 Å². The number of rotatable bonds is 3. The van der Waals surface area contributed by atoms with E-state index in [0.717, 1.165) is 25.0 Å². The summed E-state index contributed by atoms with van der Waals surface area (Å²) in [6.07, 6.45) is 4.38. The molecule has 1 aliphatic heterocycles. The van der Waals surface area contributed by atoms with Crippen molar-refractivity contribution in [2.24, 2.45) is 0 Å². The molecule has 0 radical (unpaired) electrons. The van der Waals surface area contributed by atoms with E-state index in [2.05, 4.69) is 6.92 Å². The maximum absolute atomic E-state index is 11.1. The monoisotopic (exact) mass is 184 g/mol. The van der Waals surface area contributed by atoms with Crippen molar-refractivity contribution in [2.45, 2.75) is 45.8 Å². The molecule has 0 bridgehead atoms. The first kappa shape index (κ1) is 10.1. The molecule has 0 amide bonds. The second-order valence-electron chi connectivity index (χ2n) is 3.64. The van der Waals surface area contributed by atoms with Gasteiger partial charge >= 0.3 is 5.97 Å². The maximum Gasteiger partial charge on any atom is 0.337 e. The Labute approximate surface area is 78.7 Å². The van der Waals surface area contributed by atoms with Crippen LogP contribution >= 0.6 is 0 Å². The highest BCUT2D eigenvalue weighted by Crippen LogP contribution is 2.24. The van der Waals surface area contributed by atoms with Crippen molar-refractivity contribution in [3.63, 3.8) is 0 Å². The minimum absolute atomic E-state index is 0.303. The van der Waals surface area contributed by atoms with E-state index < -0.39 is 5.79 Å². The average Bonchev–Trinajstić information content (AvgIpc) is 1.97. The van der Waals surface area contributed by atoms with E-state index in [4.69, 9.17) is 9.47 Å². The highest BCUT2D eigenvalue weighted by molar-refractivity contribution is 5.83. The van der Waals surface area contributed by atoms with Crippen LogP contribution in [0.2, 0.25) is 0 Å². The molecule has 0 saturated heterocycles. The fourth-order valence-electron chi connectivity index (χ4n) is 1.24. The predicted molar refractivity (Wildman–Crippen MR) is 48.9 cm³/mol. The van der Waals surface area contributed by atoms with Crippen LogP contribution in [0.15, 0.2) is 11.8 Å². The van der Waals surface area contributed by atoms with E-state index in [1.54, 1.807) is 13.8 Å². The summed E-state index contributed by atoms with van der Waals surface area (Å²) >= 11 is 0. The van der Waals surface area contributed by atoms with E-state index in [0.29, 0.717) is 0 Å². The van der Waals surface area contributed by atoms with Crippen LogP contribution in [0, 0.1) is 0 Å². The second-order valence-corrected chi connectivity index (χ2v) is 3.64. The van der Waals surface area contributed by atoms with E-state index in [1.807, 2.05) is 0 Å². The van der Waals surface area contributed by atoms with Crippen molar-refractivity contribution in [2.75, 3.05) is 0 Å². The lowest BCUT2D eigenvalue weighted by Crippen LogP contribution is -2.34. The average molecular weight is 184 g/mol. The van der Waals surface area contributed by atoms with Gasteiger partial charge in [-0.2, -0.15) is 0 Å². The lowest BCUT2D eigenvalue weighted by Gasteiger charge is -2.30. The number of ether oxygens (including phenoxy) is 2. The van der Waals surface area contributed by atoms with Crippen LogP contribution in [0.3, 0.4) is 0 Å². The first-order valence-corrected chi connectivity index (χ1v) is 4.66. The fraction of sp³-hybridized carbons (Fsp3) is 0.700. The zero-order valence-corrected chi connectivity index (χ0v) is 8.42. The maximum atomic E-state index is 11.1. The third-order valence-electron chi connectivity index (χ3n) is 1.78. The van der Waals surface area contributed by atoms with Crippen molar-refractivity contribution in [1.29, 1.82) is 0 Å². The molecule has 0 spiro atoms. The number of carbonyl (C=O) groups is 1. The van der Waals surface area contributed by atoms with Gasteiger partial charge in [0.1, 0.15) is 5.76 Å². The van der Waals surface area contributed by atoms with Gasteiger partial charge in [0.15, 0.2) is 0 Å². The predicted octanol–water partition coefficient (Wildman–Crippen LogP) is 2.37. The summed E-state index contributed by atoms with van der Waals surface area (Å²) in [5.74, 6) is -0.361. The van der Waals surface area contributed by atoms with Gasteiger partial charge in [-0.1, -0.05) is 13.3 Å². The van der Waals surface area contributed by atoms with Crippen molar-refractivity contribution < 1.29 is 14.3 Å². The van der Waals surface area contributed by atoms with Gasteiger partial charge in [-0.05, 0) is 6.42 Å². The lowest BCUT2D eigenvalue weighted by molar-refractivity contribution is -0.206. The number of hydrogen-bond acceptors (Lipinski definition) is 3. The number of unbranched alkanes of at least 4 members (excludes halogenated alkanes) is 1. The molecular weight excluding hydrogens is 168 g/mol. The smallest absolute Gasteiger partial charge is 0.337 e. The van der Waals surface area contributed by atoms with Gasteiger partial charge in [-0.3, -0.25) is 0 Å². The molecule has 0 aromatic rings. The highest BCUT2D eigenvalue weighted by atomic mass is 16.7. The van der Waals surface area contributed by atoms with Crippen LogP contribution in [0.25, 0.3) is 0 Å². The summed E-state index contributed by atoms with van der Waals surface area (Å²) in [6.45, 7) is 5.58. The Morgan fingerprint density at radius 2 is 2.08 bits per heavy atom. The summed E-state index contributed by atoms with van der Waals surface area (Å²) in [5.41, 5.74) is 0. The van der Waals surface area contributed by atoms with Crippen LogP contribution < -0.4 is 0 Å². The van der Waals surface area contributed by atoms with Crippen LogP contribution in [0.1, 0.15) is 40.0 Å². The van der Waals surface area contributed by atoms with Gasteiger partial charge in [0.25, 0.3) is 0 Å². The Bertz CT molecular complexity index is 228. The van der Waals surface area contributed by atoms with Crippen molar-refractivity contribution in [1.82, 2.24) is 0 Å². The molecule has 0 unspecified atom stereocenters. The Balaban J connectivity index is 2.59. The molecule has 74 valence electrons. The van der Waals surface area contributed by atoms with Crippen LogP contribution in [-0.4, -0.2) is 11.8 Å². The molecule has 0 saturated carbocycles. The van der Waals surface area contributed by atoms with Gasteiger partial charge in [0, 0.05) is 20.3 Å². The highest BCUT2D eigenvalue weighted by Gasteiger charge is 2.29. The van der Waals surface area contributed by atoms with Gasteiger partial charge in [0.2, 0.25) is 5.79 Å². The largest absolute Gasteiger partial charge is 0.457 e. The first-order chi connectivity index (χ1) is 6.03. The first-order valence-electron chi connectivity index (χ1n) is 4.66. The van der Waals surface area contributed by atoms with Crippen LogP contribution in [0.4, 0.5) is 0 Å². The summed E-state index contributed by atoms with van der Waals surface area (Å²) in [7, 11) is 0. The summed E-state index contributed by atoms with van der Waals surface area (Å²) in [5, 5.41) is 0. The van der Waals surface area contributed by atoms with Crippen molar-refractivity contribution >= 4 is 5.97 Å². The quantitative estimate of drug-likeness (QED) is 0.632. The van der Waals surface area contributed by atoms with E-state index in [1.165, 1.54) is 6.08 Å². The molecule has 0 aliphatic carbocycles. The molecular formula is C10H16O3. The topological polar surface area (TPSA) is 35.5 Å². The molecule has 1 heterocycles. The van der Waals surface area contributed by atoms with E-state index in [9.17, 15) is 4.79 Å². The van der Waals surface area contributed by atoms with Crippen LogP contribution in [-0.2, 0) is 14.3 Å². The summed E-state index contributed by atoms with van der Waals surface area (Å²) < 4.78 is 10.4. The molecule has 0 fully saturated rings. The molecule has 0 atom stereocenters. The van der Waals surface area contributed by atoms with Crippen molar-refractivity contribution in [3.05, 3.63) is 11.8 Å². The molecule has 0 aromatic carbocycles. The zero-order chi connectivity index (χ0) is 9.90. The number of allylic oxidation sites excluding steroid dienone is 1. The Morgan fingerprint density at radius 1 is 1.38 bits per heavy atom. The molecule has 1 rings (SSSR count). The fourth-order valence-corrected chi connectivity index (χ4v) is 1.24. The summed E-state index contributed by atoms with van der Waals surface area (Å²) in [4.78, 5) is 11.1. The normalized spacial score (nSPS) is 20.2. The molecule has 13 heavy (non-hydrogen) atoms.